The van der Waals surface area contributed by atoms with Gasteiger partial charge >= 0.3 is 61.6 Å². The molecule has 3 aliphatic heterocycles. The predicted molar refractivity (Wildman–Crippen MR) is 506 cm³/mol. The van der Waals surface area contributed by atoms with Crippen LogP contribution >= 0.6 is 0 Å². The summed E-state index contributed by atoms with van der Waals surface area (Å²) in [6.45, 7) is 61.0. The molecule has 36 nitrogen and oxygen atoms in total. The summed E-state index contributed by atoms with van der Waals surface area (Å²) in [5, 5.41) is 26.5. The van der Waals surface area contributed by atoms with Gasteiger partial charge in [-0.05, 0) is 98.8 Å². The van der Waals surface area contributed by atoms with Crippen LogP contribution in [0, 0.1) is 41.4 Å². The Balaban J connectivity index is 2.05. The number of hydrogen-bond acceptors (Lipinski definition) is 36. The number of ether oxygens (including phenoxy) is 21. The summed E-state index contributed by atoms with van der Waals surface area (Å²) in [5.41, 5.74) is 0. The molecule has 46 heteroatoms. The molecule has 3 aliphatic rings. The van der Waals surface area contributed by atoms with Crippen LogP contribution < -0.4 is 0 Å². The summed E-state index contributed by atoms with van der Waals surface area (Å²) in [6.07, 6.45) is 0. The van der Waals surface area contributed by atoms with Crippen molar-refractivity contribution < 1.29 is 164 Å². The highest BCUT2D eigenvalue weighted by Crippen LogP contribution is 2.53. The van der Waals surface area contributed by atoms with Crippen LogP contribution in [0.15, 0.2) is 0 Å². The van der Waals surface area contributed by atoms with Gasteiger partial charge in [0.15, 0.2) is 25.0 Å². The lowest BCUT2D eigenvalue weighted by molar-refractivity contribution is -0.0212. The highest BCUT2D eigenvalue weighted by Gasteiger charge is 2.79. The van der Waals surface area contributed by atoms with Crippen LogP contribution in [0.25, 0.3) is 0 Å². The molecule has 0 radical (unpaired) electrons. The molecule has 0 aromatic rings. The van der Waals surface area contributed by atoms with Gasteiger partial charge in [-0.3, -0.25) is 0 Å². The van der Waals surface area contributed by atoms with E-state index in [0.29, 0.717) is 338 Å². The van der Waals surface area contributed by atoms with Crippen LogP contribution in [0.3, 0.4) is 0 Å². The van der Waals surface area contributed by atoms with E-state index in [1.165, 1.54) is 0 Å². The first-order valence-corrected chi connectivity index (χ1v) is 70.3. The molecule has 3 N–H and O–H groups in total. The van der Waals surface area contributed by atoms with E-state index in [0.717, 1.165) is 0 Å². The smallest absolute Gasteiger partial charge is 0.416 e. The van der Waals surface area contributed by atoms with Gasteiger partial charge in [0.25, 0.3) is 0 Å². The predicted octanol–water partition coefficient (Wildman–Crippen LogP) is 10.3. The third-order valence-corrected chi connectivity index (χ3v) is 64.8. The van der Waals surface area contributed by atoms with Crippen molar-refractivity contribution in [2.75, 3.05) is 297 Å². The zero-order chi connectivity index (χ0) is 94.3. The van der Waals surface area contributed by atoms with Crippen molar-refractivity contribution in [1.82, 2.24) is 0 Å². The maximum Gasteiger partial charge on any atom is 0.479 e. The Morgan fingerprint density at radius 1 is 0.172 bits per heavy atom. The third-order valence-electron chi connectivity index (χ3n) is 18.7. The molecule has 0 aromatic carbocycles. The summed E-state index contributed by atoms with van der Waals surface area (Å²) in [5.74, 6) is -0.341. The molecule has 0 spiro atoms. The van der Waals surface area contributed by atoms with E-state index in [4.69, 9.17) is 164 Å². The van der Waals surface area contributed by atoms with Gasteiger partial charge in [0, 0.05) is 62.1 Å². The van der Waals surface area contributed by atoms with Crippen LogP contribution in [0.2, 0.25) is 99.7 Å². The van der Waals surface area contributed by atoms with Crippen LogP contribution in [-0.2, 0) is 149 Å². The van der Waals surface area contributed by atoms with Crippen molar-refractivity contribution >= 4 is 86.6 Å². The molecule has 3 rings (SSSR count). The summed E-state index contributed by atoms with van der Waals surface area (Å²) >= 11 is 0. The van der Waals surface area contributed by atoms with Crippen molar-refractivity contribution in [1.29, 1.82) is 0 Å². The molecule has 3 heterocycles. The molecule has 3 saturated heterocycles. The van der Waals surface area contributed by atoms with E-state index in [9.17, 15) is 0 Å². The Bertz CT molecular complexity index is 2340. The van der Waals surface area contributed by atoms with Crippen molar-refractivity contribution in [2.45, 2.75) is 197 Å². The lowest BCUT2D eigenvalue weighted by Crippen LogP contribution is -2.84. The van der Waals surface area contributed by atoms with E-state index in [1.54, 1.807) is 0 Å². The second kappa shape index (κ2) is 71.2. The van der Waals surface area contributed by atoms with Gasteiger partial charge in [-0.15, -0.1) is 0 Å². The molecular weight excluding hydrogens is 1840 g/mol. The fourth-order valence-corrected chi connectivity index (χ4v) is 69.4. The first-order chi connectivity index (χ1) is 61.1. The van der Waals surface area contributed by atoms with Crippen molar-refractivity contribution in [3.63, 3.8) is 0 Å². The lowest BCUT2D eigenvalue weighted by atomic mass is 10.3. The van der Waals surface area contributed by atoms with E-state index in [-0.39, 0.29) is 61.2 Å². The maximum atomic E-state index is 8.83. The molecule has 0 atom stereocenters. The zero-order valence-corrected chi connectivity index (χ0v) is 92.7. The molecule has 0 unspecified atom stereocenters. The Hall–Kier alpha value is 0.729. The Morgan fingerprint density at radius 2 is 0.289 bits per heavy atom. The first kappa shape index (κ1) is 123. The number of aliphatic hydroxyl groups excluding tert-OH is 3. The fraction of sp³-hybridized carbons (Fsp3) is 1.00. The molecule has 764 valence electrons. The molecule has 0 amide bonds. The topological polar surface area (TPSA) is 365 Å². The van der Waals surface area contributed by atoms with E-state index in [1.807, 2.05) is 0 Å². The Kier molecular flexibility index (Phi) is 68.4. The second-order valence-electron chi connectivity index (χ2n) is 36.8. The molecule has 0 saturated carbocycles. The number of fused-ring (bicyclic) bond motifs is 3. The van der Waals surface area contributed by atoms with Gasteiger partial charge < -0.3 is 164 Å². The summed E-state index contributed by atoms with van der Waals surface area (Å²) in [4.78, 5) is 0. The van der Waals surface area contributed by atoms with E-state index in [2.05, 4.69) is 136 Å². The maximum absolute atomic E-state index is 8.83. The van der Waals surface area contributed by atoms with E-state index >= 15 is 0 Å². The second-order valence-corrected chi connectivity index (χ2v) is 71.0. The van der Waals surface area contributed by atoms with Gasteiger partial charge in [0.2, 0.25) is 0 Å². The summed E-state index contributed by atoms with van der Waals surface area (Å²) in [6, 6.07) is 4.18. The highest BCUT2D eigenvalue weighted by atomic mass is 28.6. The standard InChI is InChI=1S/C82H180O36Si10/c1-76(2)69-122(107-119(15,16)66-63-104-60-57-101-54-51-98-48-45-95-42-39-92-36-33-89-30-27-86-24-21-83)110-125(72-79(7)8)112-123(70-77(3)4,108-120(17,18)67-64-105-61-58-102-55-52-99-49-46-96-43-40-93-37-34-90-31-28-87-25-22-84)114-127(74-81(11)12)115-124(71-78(5)6,113-126(111-122,73-80(9)10)117-128(116-125,118-127)75-82(13)14)109-121(19,20)68-65-106-62-59-103-56-53-100-50-47-97-44-41-94-38-35-91-32-29-88-26-23-85/h76-85H,21-75H2,1-20H3. The minimum absolute atomic E-state index is 0.00712. The van der Waals surface area contributed by atoms with Crippen LogP contribution in [0.1, 0.15) is 96.9 Å². The van der Waals surface area contributed by atoms with Crippen molar-refractivity contribution in [3.8, 4) is 0 Å². The first-order valence-electron chi connectivity index (χ1n) is 47.4. The number of rotatable bonds is 89. The zero-order valence-electron chi connectivity index (χ0n) is 82.7. The average Bonchev–Trinajstić information content (AvgIpc) is 0.700. The van der Waals surface area contributed by atoms with Crippen molar-refractivity contribution in [2.24, 2.45) is 41.4 Å². The largest absolute Gasteiger partial charge is 0.479 e. The molecule has 0 aliphatic carbocycles. The van der Waals surface area contributed by atoms with Crippen LogP contribution in [-0.4, -0.2) is 399 Å². The highest BCUT2D eigenvalue weighted by molar-refractivity contribution is 7.01. The van der Waals surface area contributed by atoms with Gasteiger partial charge in [0.05, 0.1) is 277 Å². The molecule has 128 heavy (non-hydrogen) atoms. The lowest BCUT2D eigenvalue weighted by Gasteiger charge is -2.60. The molecule has 0 aromatic heterocycles. The van der Waals surface area contributed by atoms with Crippen LogP contribution in [0.5, 0.6) is 0 Å². The number of aliphatic hydroxyl groups is 3. The Morgan fingerprint density at radius 3 is 0.414 bits per heavy atom. The minimum Gasteiger partial charge on any atom is -0.416 e. The normalized spacial score (nSPS) is 22.7. The van der Waals surface area contributed by atoms with Crippen molar-refractivity contribution in [3.05, 3.63) is 0 Å². The summed E-state index contributed by atoms with van der Waals surface area (Å²) < 4.78 is 221. The quantitative estimate of drug-likeness (QED) is 0.0376. The SMILES string of the molecule is CC(C)C[Si]1(O[Si](C)(C)CCOCCOCCOCCOCCOCCOCCOCCO)O[Si]2(CC(C)C)O[Si](CC(C)C)(O[Si](C)(C)CCOCCOCCOCCOCCOCCOCCOCCO)O[Si]3(CC(C)C)O[Si](CC(C)C)(O[Si](C)(C)CCOCCOCCOCCOCCOCCOCCOCCO)O[Si](CC(C)C)(O1)O[Si](CC(C)C)(O2)O3. The van der Waals surface area contributed by atoms with Crippen LogP contribution in [0.4, 0.5) is 0 Å². The van der Waals surface area contributed by atoms with Gasteiger partial charge in [0.1, 0.15) is 0 Å². The van der Waals surface area contributed by atoms with Gasteiger partial charge in [-0.1, -0.05) is 96.9 Å². The minimum atomic E-state index is -4.42. The van der Waals surface area contributed by atoms with Gasteiger partial charge in [-0.25, -0.2) is 0 Å². The molecule has 4 bridgehead atoms. The Labute approximate surface area is 781 Å². The van der Waals surface area contributed by atoms with E-state index < -0.39 is 86.6 Å². The summed E-state index contributed by atoms with van der Waals surface area (Å²) in [7, 11) is -39.7. The van der Waals surface area contributed by atoms with Gasteiger partial charge in [-0.2, -0.15) is 0 Å². The number of hydrogen-bond donors (Lipinski definition) is 3. The monoisotopic (exact) mass is 2020 g/mol. The fourth-order valence-electron chi connectivity index (χ4n) is 13.8. The molecule has 3 fully saturated rings. The third kappa shape index (κ3) is 60.0. The average molecular weight is 2020 g/mol. The molecular formula is C82H180O36Si10.